The van der Waals surface area contributed by atoms with Crippen molar-refractivity contribution in [2.45, 2.75) is 0 Å². The molecule has 8 heteroatoms. The van der Waals surface area contributed by atoms with Crippen LogP contribution in [-0.2, 0) is 4.74 Å². The fourth-order valence-corrected chi connectivity index (χ4v) is 2.53. The average Bonchev–Trinajstić information content (AvgIpc) is 2.58. The Kier molecular flexibility index (Phi) is 5.73. The van der Waals surface area contributed by atoms with E-state index in [2.05, 4.69) is 46.6 Å². The van der Waals surface area contributed by atoms with E-state index in [1.807, 2.05) is 24.3 Å². The quantitative estimate of drug-likeness (QED) is 0.796. The highest BCUT2D eigenvalue weighted by molar-refractivity contribution is 9.10. The fraction of sp³-hybridized carbons (Fsp3) is 0.400. The highest BCUT2D eigenvalue weighted by Crippen LogP contribution is 2.17. The number of morpholine rings is 1. The zero-order valence-corrected chi connectivity index (χ0v) is 14.3. The highest BCUT2D eigenvalue weighted by atomic mass is 79.9. The van der Waals surface area contributed by atoms with Gasteiger partial charge in [0.25, 0.3) is 0 Å². The summed E-state index contributed by atoms with van der Waals surface area (Å²) in [7, 11) is 0. The Bertz CT molecular complexity index is 618. The lowest BCUT2D eigenvalue weighted by Gasteiger charge is -2.26. The van der Waals surface area contributed by atoms with E-state index in [4.69, 9.17) is 4.74 Å². The first-order chi connectivity index (χ1) is 11.3. The van der Waals surface area contributed by atoms with Crippen LogP contribution in [0.25, 0.3) is 0 Å². The second-order valence-electron chi connectivity index (χ2n) is 5.18. The first-order valence-electron chi connectivity index (χ1n) is 7.56. The van der Waals surface area contributed by atoms with Crippen LogP contribution in [0.15, 0.2) is 34.9 Å². The molecular formula is C15H19BrN6O. The van der Waals surface area contributed by atoms with Crippen molar-refractivity contribution in [1.82, 2.24) is 20.1 Å². The molecule has 1 aromatic heterocycles. The summed E-state index contributed by atoms with van der Waals surface area (Å²) in [5.74, 6) is 1.19. The lowest BCUT2D eigenvalue weighted by Crippen LogP contribution is -2.39. The Hall–Kier alpha value is -1.77. The zero-order valence-electron chi connectivity index (χ0n) is 12.7. The van der Waals surface area contributed by atoms with E-state index in [1.54, 1.807) is 6.20 Å². The standard InChI is InChI=1S/C15H19BrN6O/c16-12-1-3-13(4-2-12)19-14-11-18-21-15(20-14)17-5-6-22-7-9-23-10-8-22/h1-4,11H,5-10H2,(H2,17,19,20,21). The average molecular weight is 379 g/mol. The molecule has 1 aliphatic heterocycles. The molecule has 3 rings (SSSR count). The third-order valence-corrected chi connectivity index (χ3v) is 4.02. The number of hydrogen-bond acceptors (Lipinski definition) is 7. The molecule has 0 unspecified atom stereocenters. The molecule has 122 valence electrons. The maximum atomic E-state index is 5.34. The highest BCUT2D eigenvalue weighted by Gasteiger charge is 2.09. The minimum absolute atomic E-state index is 0.528. The molecule has 0 spiro atoms. The Morgan fingerprint density at radius 1 is 1.17 bits per heavy atom. The van der Waals surface area contributed by atoms with E-state index in [9.17, 15) is 0 Å². The number of benzene rings is 1. The fourth-order valence-electron chi connectivity index (χ4n) is 2.27. The lowest BCUT2D eigenvalue weighted by atomic mass is 10.3. The van der Waals surface area contributed by atoms with Crippen molar-refractivity contribution in [3.63, 3.8) is 0 Å². The molecule has 0 bridgehead atoms. The molecule has 7 nitrogen and oxygen atoms in total. The van der Waals surface area contributed by atoms with Crippen molar-refractivity contribution < 1.29 is 4.74 Å². The summed E-state index contributed by atoms with van der Waals surface area (Å²) in [5.41, 5.74) is 0.952. The van der Waals surface area contributed by atoms with Crippen LogP contribution in [0.4, 0.5) is 17.5 Å². The molecule has 1 saturated heterocycles. The molecule has 1 fully saturated rings. The SMILES string of the molecule is Brc1ccc(Nc2cnnc(NCCN3CCOCC3)n2)cc1. The van der Waals surface area contributed by atoms with E-state index in [0.29, 0.717) is 11.8 Å². The first-order valence-corrected chi connectivity index (χ1v) is 8.35. The van der Waals surface area contributed by atoms with E-state index in [1.165, 1.54) is 0 Å². The molecule has 23 heavy (non-hydrogen) atoms. The third kappa shape index (κ3) is 5.12. The van der Waals surface area contributed by atoms with Gasteiger partial charge in [-0.3, -0.25) is 4.90 Å². The van der Waals surface area contributed by atoms with Gasteiger partial charge in [-0.1, -0.05) is 15.9 Å². The van der Waals surface area contributed by atoms with Crippen LogP contribution in [0.1, 0.15) is 0 Å². The lowest BCUT2D eigenvalue weighted by molar-refractivity contribution is 0.0398. The van der Waals surface area contributed by atoms with Gasteiger partial charge >= 0.3 is 0 Å². The zero-order chi connectivity index (χ0) is 15.9. The molecule has 2 heterocycles. The number of halogens is 1. The molecule has 2 aromatic rings. The van der Waals surface area contributed by atoms with Crippen LogP contribution in [-0.4, -0.2) is 59.5 Å². The summed E-state index contributed by atoms with van der Waals surface area (Å²) in [6, 6.07) is 7.88. The van der Waals surface area contributed by atoms with Crippen LogP contribution >= 0.6 is 15.9 Å². The summed E-state index contributed by atoms with van der Waals surface area (Å²) in [4.78, 5) is 6.78. The predicted molar refractivity (Wildman–Crippen MR) is 93.0 cm³/mol. The van der Waals surface area contributed by atoms with Crippen LogP contribution in [0.3, 0.4) is 0 Å². The van der Waals surface area contributed by atoms with E-state index < -0.39 is 0 Å². The number of anilines is 3. The number of hydrogen-bond donors (Lipinski definition) is 2. The maximum Gasteiger partial charge on any atom is 0.244 e. The Balaban J connectivity index is 1.51. The van der Waals surface area contributed by atoms with Gasteiger partial charge in [-0.15, -0.1) is 5.10 Å². The van der Waals surface area contributed by atoms with E-state index >= 15 is 0 Å². The number of rotatable bonds is 6. The molecule has 2 N–H and O–H groups in total. The van der Waals surface area contributed by atoms with Gasteiger partial charge in [-0.05, 0) is 24.3 Å². The second-order valence-corrected chi connectivity index (χ2v) is 6.09. The van der Waals surface area contributed by atoms with Crippen LogP contribution in [0, 0.1) is 0 Å². The van der Waals surface area contributed by atoms with Gasteiger partial charge < -0.3 is 15.4 Å². The van der Waals surface area contributed by atoms with E-state index in [-0.39, 0.29) is 0 Å². The van der Waals surface area contributed by atoms with Crippen LogP contribution < -0.4 is 10.6 Å². The van der Waals surface area contributed by atoms with Crippen LogP contribution in [0.5, 0.6) is 0 Å². The molecule has 0 saturated carbocycles. The largest absolute Gasteiger partial charge is 0.379 e. The summed E-state index contributed by atoms with van der Waals surface area (Å²) < 4.78 is 6.37. The minimum atomic E-state index is 0.528. The summed E-state index contributed by atoms with van der Waals surface area (Å²) in [5, 5.41) is 14.4. The molecule has 0 aliphatic carbocycles. The van der Waals surface area contributed by atoms with Crippen LogP contribution in [0.2, 0.25) is 0 Å². The Morgan fingerprint density at radius 2 is 1.96 bits per heavy atom. The second kappa shape index (κ2) is 8.19. The number of nitrogens with zero attached hydrogens (tertiary/aromatic N) is 4. The normalized spacial score (nSPS) is 15.3. The number of nitrogens with one attached hydrogen (secondary N) is 2. The number of ether oxygens (including phenoxy) is 1. The van der Waals surface area contributed by atoms with Gasteiger partial charge in [0.2, 0.25) is 5.95 Å². The van der Waals surface area contributed by atoms with Crippen molar-refractivity contribution >= 4 is 33.4 Å². The van der Waals surface area contributed by atoms with Gasteiger partial charge in [-0.25, -0.2) is 0 Å². The minimum Gasteiger partial charge on any atom is -0.379 e. The third-order valence-electron chi connectivity index (χ3n) is 3.49. The van der Waals surface area contributed by atoms with Gasteiger partial charge in [0.05, 0.1) is 19.4 Å². The maximum absolute atomic E-state index is 5.34. The van der Waals surface area contributed by atoms with Crippen molar-refractivity contribution in [1.29, 1.82) is 0 Å². The number of aromatic nitrogens is 3. The van der Waals surface area contributed by atoms with Gasteiger partial charge in [0.1, 0.15) is 0 Å². The molecule has 0 amide bonds. The predicted octanol–water partition coefficient (Wildman–Crippen LogP) is 2.12. The van der Waals surface area contributed by atoms with E-state index in [0.717, 1.165) is 49.6 Å². The summed E-state index contributed by atoms with van der Waals surface area (Å²) in [6.07, 6.45) is 1.61. The van der Waals surface area contributed by atoms with Gasteiger partial charge in [0, 0.05) is 36.3 Å². The molecule has 1 aliphatic rings. The van der Waals surface area contributed by atoms with Crippen molar-refractivity contribution in [2.75, 3.05) is 50.0 Å². The molecule has 1 aromatic carbocycles. The Labute approximate surface area is 143 Å². The molecule has 0 radical (unpaired) electrons. The monoisotopic (exact) mass is 378 g/mol. The first kappa shape index (κ1) is 16.1. The topological polar surface area (TPSA) is 75.2 Å². The van der Waals surface area contributed by atoms with Crippen molar-refractivity contribution in [3.05, 3.63) is 34.9 Å². The smallest absolute Gasteiger partial charge is 0.244 e. The van der Waals surface area contributed by atoms with Gasteiger partial charge in [-0.2, -0.15) is 10.1 Å². The molecular weight excluding hydrogens is 360 g/mol. The van der Waals surface area contributed by atoms with Gasteiger partial charge in [0.15, 0.2) is 5.82 Å². The van der Waals surface area contributed by atoms with Crippen molar-refractivity contribution in [3.8, 4) is 0 Å². The Morgan fingerprint density at radius 3 is 2.74 bits per heavy atom. The summed E-state index contributed by atoms with van der Waals surface area (Å²) >= 11 is 3.42. The summed E-state index contributed by atoms with van der Waals surface area (Å²) in [6.45, 7) is 5.30. The van der Waals surface area contributed by atoms with Crippen molar-refractivity contribution in [2.24, 2.45) is 0 Å². The molecule has 0 atom stereocenters.